The van der Waals surface area contributed by atoms with Gasteiger partial charge in [0.05, 0.1) is 13.2 Å². The second-order valence-corrected chi connectivity index (χ2v) is 9.57. The molecule has 3 rings (SSSR count). The average Bonchev–Trinajstić information content (AvgIpc) is 3.42. The topological polar surface area (TPSA) is 84.9 Å². The van der Waals surface area contributed by atoms with Crippen LogP contribution in [-0.4, -0.2) is 47.9 Å². The Hall–Kier alpha value is -3.19. The van der Waals surface area contributed by atoms with Gasteiger partial charge in [0, 0.05) is 13.0 Å². The second kappa shape index (κ2) is 15.8. The number of amides is 2. The van der Waals surface area contributed by atoms with Gasteiger partial charge >= 0.3 is 5.97 Å². The van der Waals surface area contributed by atoms with Crippen LogP contribution in [-0.2, 0) is 37.1 Å². The number of rotatable bonds is 15. The number of nitrogens with one attached hydrogen (secondary N) is 1. The first-order chi connectivity index (χ1) is 18.1. The fraction of sp³-hybridized carbons (Fsp3) is 0.500. The van der Waals surface area contributed by atoms with Crippen molar-refractivity contribution in [1.82, 2.24) is 10.2 Å². The minimum absolute atomic E-state index is 0.0393. The molecule has 0 radical (unpaired) electrons. The predicted octanol–water partition coefficient (Wildman–Crippen LogP) is 4.78. The highest BCUT2D eigenvalue weighted by molar-refractivity contribution is 5.91. The molecule has 1 aliphatic rings. The van der Waals surface area contributed by atoms with Crippen LogP contribution in [0, 0.1) is 0 Å². The van der Waals surface area contributed by atoms with Crippen molar-refractivity contribution < 1.29 is 23.9 Å². The molecule has 1 heterocycles. The van der Waals surface area contributed by atoms with Gasteiger partial charge in [-0.25, -0.2) is 4.79 Å². The molecule has 1 aliphatic heterocycles. The Bertz CT molecular complexity index is 966. The van der Waals surface area contributed by atoms with Gasteiger partial charge in [-0.05, 0) is 30.4 Å². The quantitative estimate of drug-likeness (QED) is 0.276. The Morgan fingerprint density at radius 2 is 1.57 bits per heavy atom. The maximum absolute atomic E-state index is 13.6. The third-order valence-electron chi connectivity index (χ3n) is 6.57. The molecule has 2 aromatic carbocycles. The summed E-state index contributed by atoms with van der Waals surface area (Å²) in [6, 6.07) is 17.6. The lowest BCUT2D eigenvalue weighted by Gasteiger charge is -2.28. The fourth-order valence-electron chi connectivity index (χ4n) is 4.50. The SMILES string of the molecule is CCCCCCCC(=O)N[C@@H](COCc1ccccc1)C(=O)N1CCC[C@H]1C(=O)OCc1ccccc1. The highest BCUT2D eigenvalue weighted by Gasteiger charge is 2.38. The van der Waals surface area contributed by atoms with E-state index in [1.54, 1.807) is 4.90 Å². The summed E-state index contributed by atoms with van der Waals surface area (Å²) in [6.07, 6.45) is 6.81. The molecule has 0 unspecified atom stereocenters. The van der Waals surface area contributed by atoms with E-state index in [4.69, 9.17) is 9.47 Å². The first kappa shape index (κ1) is 28.4. The highest BCUT2D eigenvalue weighted by atomic mass is 16.5. The average molecular weight is 509 g/mol. The summed E-state index contributed by atoms with van der Waals surface area (Å²) in [7, 11) is 0. The number of hydrogen-bond acceptors (Lipinski definition) is 5. The van der Waals surface area contributed by atoms with E-state index in [9.17, 15) is 14.4 Å². The van der Waals surface area contributed by atoms with Crippen LogP contribution in [0.2, 0.25) is 0 Å². The zero-order valence-electron chi connectivity index (χ0n) is 21.9. The Kier molecular flexibility index (Phi) is 12.1. The monoisotopic (exact) mass is 508 g/mol. The van der Waals surface area contributed by atoms with Crippen LogP contribution < -0.4 is 5.32 Å². The summed E-state index contributed by atoms with van der Waals surface area (Å²) < 4.78 is 11.4. The third-order valence-corrected chi connectivity index (χ3v) is 6.57. The standard InChI is InChI=1S/C30H40N2O5/c1-2-3-4-5-12-19-28(33)31-26(23-36-21-24-14-8-6-9-15-24)29(34)32-20-13-18-27(32)30(35)37-22-25-16-10-7-11-17-25/h6-11,14-17,26-27H,2-5,12-13,18-23H2,1H3,(H,31,33)/t26-,27-/m0/s1. The number of benzene rings is 2. The number of ether oxygens (including phenoxy) is 2. The molecule has 200 valence electrons. The molecule has 0 bridgehead atoms. The second-order valence-electron chi connectivity index (χ2n) is 9.57. The molecule has 2 amide bonds. The molecule has 2 atom stereocenters. The van der Waals surface area contributed by atoms with Crippen molar-refractivity contribution in [2.75, 3.05) is 13.2 Å². The van der Waals surface area contributed by atoms with Crippen LogP contribution in [0.4, 0.5) is 0 Å². The molecule has 2 aromatic rings. The van der Waals surface area contributed by atoms with Crippen LogP contribution in [0.15, 0.2) is 60.7 Å². The summed E-state index contributed by atoms with van der Waals surface area (Å²) in [6.45, 7) is 3.14. The smallest absolute Gasteiger partial charge is 0.329 e. The molecule has 7 nitrogen and oxygen atoms in total. The van der Waals surface area contributed by atoms with Crippen LogP contribution in [0.1, 0.15) is 69.4 Å². The van der Waals surface area contributed by atoms with E-state index in [2.05, 4.69) is 12.2 Å². The first-order valence-electron chi connectivity index (χ1n) is 13.5. The van der Waals surface area contributed by atoms with E-state index >= 15 is 0 Å². The number of esters is 1. The molecule has 1 saturated heterocycles. The van der Waals surface area contributed by atoms with Crippen LogP contribution in [0.5, 0.6) is 0 Å². The van der Waals surface area contributed by atoms with Gasteiger partial charge in [-0.3, -0.25) is 9.59 Å². The summed E-state index contributed by atoms with van der Waals surface area (Å²) in [5, 5.41) is 2.88. The molecule has 1 fully saturated rings. The van der Waals surface area contributed by atoms with E-state index in [1.807, 2.05) is 60.7 Å². The van der Waals surface area contributed by atoms with Crippen molar-refractivity contribution in [3.05, 3.63) is 71.8 Å². The largest absolute Gasteiger partial charge is 0.459 e. The number of likely N-dealkylation sites (tertiary alicyclic amines) is 1. The summed E-state index contributed by atoms with van der Waals surface area (Å²) in [4.78, 5) is 40.7. The molecular weight excluding hydrogens is 468 g/mol. The number of hydrogen-bond donors (Lipinski definition) is 1. The van der Waals surface area contributed by atoms with Crippen LogP contribution in [0.25, 0.3) is 0 Å². The zero-order valence-corrected chi connectivity index (χ0v) is 21.9. The van der Waals surface area contributed by atoms with E-state index in [-0.39, 0.29) is 25.0 Å². The van der Waals surface area contributed by atoms with E-state index in [0.717, 1.165) is 43.2 Å². The van der Waals surface area contributed by atoms with Gasteiger partial charge in [0.1, 0.15) is 18.7 Å². The maximum Gasteiger partial charge on any atom is 0.329 e. The van der Waals surface area contributed by atoms with E-state index in [1.165, 1.54) is 0 Å². The lowest BCUT2D eigenvalue weighted by Crippen LogP contribution is -2.53. The minimum Gasteiger partial charge on any atom is -0.459 e. The minimum atomic E-state index is -0.852. The molecule has 0 saturated carbocycles. The third kappa shape index (κ3) is 9.65. The number of unbranched alkanes of at least 4 members (excludes halogenated alkanes) is 4. The van der Waals surface area contributed by atoms with E-state index in [0.29, 0.717) is 32.4 Å². The van der Waals surface area contributed by atoms with Gasteiger partial charge in [0.2, 0.25) is 11.8 Å². The van der Waals surface area contributed by atoms with Crippen molar-refractivity contribution in [3.63, 3.8) is 0 Å². The van der Waals surface area contributed by atoms with Crippen molar-refractivity contribution in [3.8, 4) is 0 Å². The van der Waals surface area contributed by atoms with Gasteiger partial charge in [-0.15, -0.1) is 0 Å². The Labute approximate surface area is 220 Å². The van der Waals surface area contributed by atoms with Gasteiger partial charge < -0.3 is 19.7 Å². The zero-order chi connectivity index (χ0) is 26.3. The Morgan fingerprint density at radius 1 is 0.919 bits per heavy atom. The van der Waals surface area contributed by atoms with E-state index < -0.39 is 18.1 Å². The van der Waals surface area contributed by atoms with Gasteiger partial charge in [0.15, 0.2) is 0 Å². The van der Waals surface area contributed by atoms with Gasteiger partial charge in [-0.1, -0.05) is 93.3 Å². The maximum atomic E-state index is 13.6. The molecule has 0 aromatic heterocycles. The van der Waals surface area contributed by atoms with Gasteiger partial charge in [0.25, 0.3) is 0 Å². The van der Waals surface area contributed by atoms with Crippen molar-refractivity contribution >= 4 is 17.8 Å². The van der Waals surface area contributed by atoms with Crippen LogP contribution >= 0.6 is 0 Å². The van der Waals surface area contributed by atoms with Crippen LogP contribution in [0.3, 0.4) is 0 Å². The van der Waals surface area contributed by atoms with Crippen molar-refractivity contribution in [2.45, 2.75) is 83.6 Å². The number of carbonyl (C=O) groups excluding carboxylic acids is 3. The summed E-state index contributed by atoms with van der Waals surface area (Å²) >= 11 is 0. The molecular formula is C30H40N2O5. The molecule has 0 spiro atoms. The number of carbonyl (C=O) groups is 3. The molecule has 1 N–H and O–H groups in total. The fourth-order valence-corrected chi connectivity index (χ4v) is 4.50. The number of nitrogens with zero attached hydrogens (tertiary/aromatic N) is 1. The summed E-state index contributed by atoms with van der Waals surface area (Å²) in [5.74, 6) is -0.881. The Morgan fingerprint density at radius 3 is 2.24 bits per heavy atom. The lowest BCUT2D eigenvalue weighted by molar-refractivity contribution is -0.155. The predicted molar refractivity (Wildman–Crippen MR) is 142 cm³/mol. The normalized spacial score (nSPS) is 15.8. The molecule has 0 aliphatic carbocycles. The molecule has 7 heteroatoms. The molecule has 37 heavy (non-hydrogen) atoms. The van der Waals surface area contributed by atoms with Crippen molar-refractivity contribution in [2.24, 2.45) is 0 Å². The first-order valence-corrected chi connectivity index (χ1v) is 13.5. The Balaban J connectivity index is 1.59. The van der Waals surface area contributed by atoms with Gasteiger partial charge in [-0.2, -0.15) is 0 Å². The summed E-state index contributed by atoms with van der Waals surface area (Å²) in [5.41, 5.74) is 1.88. The van der Waals surface area contributed by atoms with Crippen molar-refractivity contribution in [1.29, 1.82) is 0 Å². The highest BCUT2D eigenvalue weighted by Crippen LogP contribution is 2.21. The lowest BCUT2D eigenvalue weighted by atomic mass is 10.1.